The van der Waals surface area contributed by atoms with Crippen molar-refractivity contribution in [3.05, 3.63) is 257 Å². The average Bonchev–Trinajstić information content (AvgIpc) is 3.36. The summed E-state index contributed by atoms with van der Waals surface area (Å²) in [4.78, 5) is 10.3. The Morgan fingerprint density at radius 3 is 0.894 bits per heavy atom. The number of nitrogens with zero attached hydrogens (tertiary/aromatic N) is 2. The Balaban J connectivity index is 0.872. The van der Waals surface area contributed by atoms with Crippen molar-refractivity contribution in [2.45, 2.75) is 20.8 Å². The first-order valence-corrected chi connectivity index (χ1v) is 21.9. The molecule has 0 saturated carbocycles. The lowest BCUT2D eigenvalue weighted by Crippen LogP contribution is -2.03. The normalized spacial score (nSPS) is 11.5. The molecule has 0 atom stereocenters. The Kier molecular flexibility index (Phi) is 12.9. The number of benzene rings is 9. The third kappa shape index (κ3) is 10.5. The molecule has 0 aliphatic rings. The minimum Gasteiger partial charge on any atom is -0.497 e. The van der Waals surface area contributed by atoms with Crippen LogP contribution in [-0.4, -0.2) is 18.5 Å². The largest absolute Gasteiger partial charge is 0.497 e. The third-order valence-corrected chi connectivity index (χ3v) is 11.2. The number of methoxy groups -OCH3 is 1. The van der Waals surface area contributed by atoms with Crippen LogP contribution in [0.5, 0.6) is 40.2 Å². The smallest absolute Gasteiger partial charge is 0.127 e. The monoisotopic (exact) mass is 860 g/mol. The quantitative estimate of drug-likeness (QED) is 0.102. The van der Waals surface area contributed by atoms with Crippen LogP contribution < -0.4 is 18.9 Å². The van der Waals surface area contributed by atoms with Gasteiger partial charge in [0.25, 0.3) is 0 Å². The summed E-state index contributed by atoms with van der Waals surface area (Å²) in [7, 11) is 1.67. The highest BCUT2D eigenvalue weighted by Gasteiger charge is 2.13. The molecule has 0 unspecified atom stereocenters. The summed E-state index contributed by atoms with van der Waals surface area (Å²) >= 11 is 0. The first-order valence-electron chi connectivity index (χ1n) is 21.9. The van der Waals surface area contributed by atoms with Crippen LogP contribution in [0.25, 0.3) is 11.1 Å². The molecule has 0 fully saturated rings. The van der Waals surface area contributed by atoms with E-state index in [9.17, 15) is 0 Å². The maximum atomic E-state index is 6.29. The molecule has 0 heterocycles. The van der Waals surface area contributed by atoms with E-state index < -0.39 is 0 Å². The first kappa shape index (κ1) is 42.8. The summed E-state index contributed by atoms with van der Waals surface area (Å²) in [6, 6.07) is 72.7. The highest BCUT2D eigenvalue weighted by atomic mass is 16.5. The zero-order valence-electron chi connectivity index (χ0n) is 37.3. The van der Waals surface area contributed by atoms with E-state index in [-0.39, 0.29) is 0 Å². The van der Waals surface area contributed by atoms with Crippen molar-refractivity contribution >= 4 is 22.8 Å². The summed E-state index contributed by atoms with van der Waals surface area (Å²) in [5, 5.41) is 0. The third-order valence-electron chi connectivity index (χ3n) is 11.2. The van der Waals surface area contributed by atoms with Gasteiger partial charge in [-0.1, -0.05) is 78.4 Å². The zero-order chi connectivity index (χ0) is 45.2. The van der Waals surface area contributed by atoms with Gasteiger partial charge in [-0.2, -0.15) is 0 Å². The van der Waals surface area contributed by atoms with Gasteiger partial charge >= 0.3 is 0 Å². The lowest BCUT2D eigenvalue weighted by Gasteiger charge is -2.13. The second-order valence-corrected chi connectivity index (χ2v) is 16.0. The zero-order valence-corrected chi connectivity index (χ0v) is 37.3. The van der Waals surface area contributed by atoms with Gasteiger partial charge in [0, 0.05) is 22.3 Å². The number of hydrogen-bond acceptors (Lipinski definition) is 6. The molecule has 9 aromatic carbocycles. The fourth-order valence-corrected chi connectivity index (χ4v) is 7.45. The van der Waals surface area contributed by atoms with E-state index in [4.69, 9.17) is 28.9 Å². The van der Waals surface area contributed by atoms with Crippen LogP contribution in [0.3, 0.4) is 0 Å². The molecule has 0 aromatic heterocycles. The van der Waals surface area contributed by atoms with Gasteiger partial charge in [0.05, 0.1) is 29.9 Å². The van der Waals surface area contributed by atoms with Gasteiger partial charge in [0.1, 0.15) is 40.2 Å². The topological polar surface area (TPSA) is 61.6 Å². The lowest BCUT2D eigenvalue weighted by molar-refractivity contribution is 0.415. The van der Waals surface area contributed by atoms with Crippen molar-refractivity contribution in [2.24, 2.45) is 9.98 Å². The predicted molar refractivity (Wildman–Crippen MR) is 269 cm³/mol. The number of aliphatic imine (C=N–C) groups is 2. The molecule has 0 saturated heterocycles. The van der Waals surface area contributed by atoms with Gasteiger partial charge in [0.2, 0.25) is 0 Å². The molecule has 0 spiro atoms. The number of ether oxygens (including phenoxy) is 4. The molecule has 9 aromatic rings. The molecule has 66 heavy (non-hydrogen) atoms. The minimum absolute atomic E-state index is 0.691. The van der Waals surface area contributed by atoms with E-state index in [0.717, 1.165) is 79.0 Å². The SMILES string of the molecule is COc1ccc(C(=Nc2ccccc2C)c2ccc(Oc3ccc(Oc4ccc(C(=Nc5ccccc5C)c5ccc(Oc6ccc(-c7ccc(C)cc7)cc6)cc5)cc4)cc3)cc2)cc1. The second-order valence-electron chi connectivity index (χ2n) is 16.0. The van der Waals surface area contributed by atoms with Gasteiger partial charge in [0.15, 0.2) is 0 Å². The summed E-state index contributed by atoms with van der Waals surface area (Å²) in [6.07, 6.45) is 0. The minimum atomic E-state index is 0.691. The van der Waals surface area contributed by atoms with Crippen LogP contribution in [-0.2, 0) is 0 Å². The Bertz CT molecular complexity index is 3100. The average molecular weight is 861 g/mol. The first-order chi connectivity index (χ1) is 32.3. The number of rotatable bonds is 14. The molecule has 322 valence electrons. The molecular formula is C60H48N2O4. The number of para-hydroxylation sites is 2. The summed E-state index contributed by atoms with van der Waals surface area (Å²) in [5.41, 5.74) is 13.2. The van der Waals surface area contributed by atoms with Crippen molar-refractivity contribution in [3.63, 3.8) is 0 Å². The Morgan fingerprint density at radius 2 is 0.576 bits per heavy atom. The fraction of sp³-hybridized carbons (Fsp3) is 0.0667. The maximum Gasteiger partial charge on any atom is 0.127 e. The molecule has 0 radical (unpaired) electrons. The fourth-order valence-electron chi connectivity index (χ4n) is 7.45. The molecule has 0 bridgehead atoms. The van der Waals surface area contributed by atoms with Gasteiger partial charge in [-0.25, -0.2) is 9.98 Å². The second kappa shape index (κ2) is 19.9. The van der Waals surface area contributed by atoms with Crippen LogP contribution >= 0.6 is 0 Å². The number of hydrogen-bond donors (Lipinski definition) is 0. The van der Waals surface area contributed by atoms with Crippen LogP contribution in [0.4, 0.5) is 11.4 Å². The summed E-state index contributed by atoms with van der Waals surface area (Å²) in [5.74, 6) is 5.11. The van der Waals surface area contributed by atoms with Gasteiger partial charge in [-0.05, 0) is 189 Å². The van der Waals surface area contributed by atoms with E-state index in [1.165, 1.54) is 11.1 Å². The van der Waals surface area contributed by atoms with Gasteiger partial charge in [-0.3, -0.25) is 0 Å². The Hall–Kier alpha value is -8.48. The molecule has 6 heteroatoms. The molecule has 9 rings (SSSR count). The molecule has 0 N–H and O–H groups in total. The molecular weight excluding hydrogens is 813 g/mol. The summed E-state index contributed by atoms with van der Waals surface area (Å²) < 4.78 is 24.2. The maximum absolute atomic E-state index is 6.29. The highest BCUT2D eigenvalue weighted by Crippen LogP contribution is 2.32. The predicted octanol–water partition coefficient (Wildman–Crippen LogP) is 16.0. The van der Waals surface area contributed by atoms with Crippen LogP contribution in [0.2, 0.25) is 0 Å². The van der Waals surface area contributed by atoms with Crippen molar-refractivity contribution in [1.29, 1.82) is 0 Å². The van der Waals surface area contributed by atoms with Gasteiger partial charge < -0.3 is 18.9 Å². The molecule has 6 nitrogen and oxygen atoms in total. The van der Waals surface area contributed by atoms with Crippen LogP contribution in [0.1, 0.15) is 38.9 Å². The van der Waals surface area contributed by atoms with Crippen LogP contribution in [0.15, 0.2) is 228 Å². The van der Waals surface area contributed by atoms with Gasteiger partial charge in [-0.15, -0.1) is 0 Å². The van der Waals surface area contributed by atoms with E-state index in [0.29, 0.717) is 23.0 Å². The van der Waals surface area contributed by atoms with Crippen molar-refractivity contribution in [3.8, 4) is 51.4 Å². The van der Waals surface area contributed by atoms with Crippen molar-refractivity contribution < 1.29 is 18.9 Å². The Morgan fingerprint density at radius 1 is 0.303 bits per heavy atom. The lowest BCUT2D eigenvalue weighted by atomic mass is 10.0. The number of aryl methyl sites for hydroxylation is 3. The van der Waals surface area contributed by atoms with E-state index >= 15 is 0 Å². The molecule has 0 amide bonds. The Labute approximate surface area is 386 Å². The van der Waals surface area contributed by atoms with E-state index in [2.05, 4.69) is 81.4 Å². The molecule has 0 aliphatic carbocycles. The van der Waals surface area contributed by atoms with Crippen molar-refractivity contribution in [1.82, 2.24) is 0 Å². The van der Waals surface area contributed by atoms with E-state index in [1.54, 1.807) is 7.11 Å². The van der Waals surface area contributed by atoms with Crippen LogP contribution in [0, 0.1) is 20.8 Å². The summed E-state index contributed by atoms with van der Waals surface area (Å²) in [6.45, 7) is 6.24. The van der Waals surface area contributed by atoms with E-state index in [1.807, 2.05) is 158 Å². The van der Waals surface area contributed by atoms with Crippen molar-refractivity contribution in [2.75, 3.05) is 7.11 Å². The standard InChI is InChI=1S/C60H48N2O4/c1-41-13-15-44(16-14-41)45-17-29-51(30-18-45)64-52-31-21-48(22-32-52)60(62-58-12-8-6-10-43(58)3)49-25-35-54(36-26-49)66-56-39-37-55(38-40-56)65-53-33-23-47(24-34-53)59(46-19-27-50(63-4)28-20-46)61-57-11-7-5-9-42(57)2/h5-40H,1-4H3. The highest BCUT2D eigenvalue weighted by molar-refractivity contribution is 6.15. The molecule has 0 aliphatic heterocycles.